The molecule has 0 radical (unpaired) electrons. The summed E-state index contributed by atoms with van der Waals surface area (Å²) in [4.78, 5) is 11.4. The Hall–Kier alpha value is -0.770. The molecule has 0 aromatic carbocycles. The summed E-state index contributed by atoms with van der Waals surface area (Å²) in [6, 6.07) is 0.208. The first-order valence-electron chi connectivity index (χ1n) is 6.39. The van der Waals surface area contributed by atoms with Crippen molar-refractivity contribution in [2.45, 2.75) is 58.1 Å². The third-order valence-corrected chi connectivity index (χ3v) is 3.51. The zero-order valence-electron chi connectivity index (χ0n) is 10.3. The van der Waals surface area contributed by atoms with E-state index in [-0.39, 0.29) is 11.9 Å². The predicted molar refractivity (Wildman–Crippen MR) is 64.3 cm³/mol. The number of nitrogens with one attached hydrogen (secondary N) is 2. The lowest BCUT2D eigenvalue weighted by atomic mass is 9.93. The van der Waals surface area contributed by atoms with E-state index in [4.69, 9.17) is 0 Å². The van der Waals surface area contributed by atoms with Crippen LogP contribution >= 0.6 is 0 Å². The van der Waals surface area contributed by atoms with Gasteiger partial charge in [0.05, 0.1) is 6.10 Å². The van der Waals surface area contributed by atoms with Crippen LogP contribution in [0.15, 0.2) is 0 Å². The molecule has 1 unspecified atom stereocenters. The minimum atomic E-state index is -0.429. The molecule has 0 aliphatic heterocycles. The molecule has 0 saturated heterocycles. The minimum Gasteiger partial charge on any atom is -0.391 e. The summed E-state index contributed by atoms with van der Waals surface area (Å²) < 4.78 is 0. The van der Waals surface area contributed by atoms with Gasteiger partial charge in [0.15, 0.2) is 0 Å². The number of carbonyl (C=O) groups is 1. The summed E-state index contributed by atoms with van der Waals surface area (Å²) in [5, 5.41) is 15.4. The quantitative estimate of drug-likeness (QED) is 0.647. The van der Waals surface area contributed by atoms with E-state index in [2.05, 4.69) is 24.5 Å². The van der Waals surface area contributed by atoms with Crippen LogP contribution in [0.3, 0.4) is 0 Å². The number of hydrogen-bond donors (Lipinski definition) is 3. The second-order valence-electron chi connectivity index (χ2n) is 4.63. The highest BCUT2D eigenvalue weighted by molar-refractivity contribution is 5.74. The van der Waals surface area contributed by atoms with Crippen LogP contribution in [0.1, 0.15) is 46.0 Å². The zero-order chi connectivity index (χ0) is 12.0. The van der Waals surface area contributed by atoms with Crippen molar-refractivity contribution >= 4 is 6.03 Å². The summed E-state index contributed by atoms with van der Waals surface area (Å²) in [5.41, 5.74) is 0. The molecular formula is C12H24N2O2. The van der Waals surface area contributed by atoms with Gasteiger partial charge in [-0.3, -0.25) is 0 Å². The van der Waals surface area contributed by atoms with Crippen LogP contribution in [-0.2, 0) is 0 Å². The second kappa shape index (κ2) is 6.74. The zero-order valence-corrected chi connectivity index (χ0v) is 10.3. The third-order valence-electron chi connectivity index (χ3n) is 3.51. The van der Waals surface area contributed by atoms with Crippen LogP contribution in [0.5, 0.6) is 0 Å². The molecule has 3 N–H and O–H groups in total. The van der Waals surface area contributed by atoms with E-state index in [1.54, 1.807) is 0 Å². The van der Waals surface area contributed by atoms with Crippen LogP contribution in [0.4, 0.5) is 4.79 Å². The van der Waals surface area contributed by atoms with Crippen LogP contribution < -0.4 is 10.6 Å². The van der Waals surface area contributed by atoms with Crippen molar-refractivity contribution in [2.75, 3.05) is 6.54 Å². The van der Waals surface area contributed by atoms with Gasteiger partial charge < -0.3 is 15.7 Å². The molecule has 1 rings (SSSR count). The van der Waals surface area contributed by atoms with Crippen molar-refractivity contribution in [3.05, 3.63) is 0 Å². The maximum absolute atomic E-state index is 11.4. The molecule has 16 heavy (non-hydrogen) atoms. The summed E-state index contributed by atoms with van der Waals surface area (Å²) in [7, 11) is 0. The summed E-state index contributed by atoms with van der Waals surface area (Å²) in [5.74, 6) is 0.281. The van der Waals surface area contributed by atoms with Crippen molar-refractivity contribution in [3.63, 3.8) is 0 Å². The molecule has 0 heterocycles. The fourth-order valence-electron chi connectivity index (χ4n) is 1.99. The molecule has 1 saturated carbocycles. The van der Waals surface area contributed by atoms with Crippen molar-refractivity contribution < 1.29 is 9.90 Å². The van der Waals surface area contributed by atoms with Crippen LogP contribution in [-0.4, -0.2) is 29.8 Å². The normalized spacial score (nSPS) is 18.0. The lowest BCUT2D eigenvalue weighted by molar-refractivity contribution is 0.103. The number of amides is 2. The Balaban J connectivity index is 2.14. The van der Waals surface area contributed by atoms with E-state index >= 15 is 0 Å². The molecule has 1 aliphatic carbocycles. The molecule has 2 amide bonds. The smallest absolute Gasteiger partial charge is 0.315 e. The molecule has 0 spiro atoms. The van der Waals surface area contributed by atoms with E-state index in [0.717, 1.165) is 25.7 Å². The average molecular weight is 228 g/mol. The van der Waals surface area contributed by atoms with Gasteiger partial charge in [0, 0.05) is 12.6 Å². The Morgan fingerprint density at radius 3 is 2.44 bits per heavy atom. The fourth-order valence-corrected chi connectivity index (χ4v) is 1.99. The van der Waals surface area contributed by atoms with Crippen LogP contribution in [0, 0.1) is 5.92 Å². The van der Waals surface area contributed by atoms with Gasteiger partial charge in [0.1, 0.15) is 0 Å². The van der Waals surface area contributed by atoms with E-state index < -0.39 is 6.10 Å². The molecule has 4 heteroatoms. The lowest BCUT2D eigenvalue weighted by Crippen LogP contribution is -2.47. The standard InChI is InChI=1S/C12H24N2O2/c1-3-9(4-2)11(15)8-13-12(16)14-10-6-5-7-10/h9-11,15H,3-8H2,1-2H3,(H2,13,14,16). The van der Waals surface area contributed by atoms with E-state index in [1.807, 2.05) is 0 Å². The maximum Gasteiger partial charge on any atom is 0.315 e. The second-order valence-corrected chi connectivity index (χ2v) is 4.63. The van der Waals surface area contributed by atoms with Crippen LogP contribution in [0.25, 0.3) is 0 Å². The highest BCUT2D eigenvalue weighted by Gasteiger charge is 2.20. The first-order chi connectivity index (χ1) is 7.67. The third kappa shape index (κ3) is 4.00. The number of aliphatic hydroxyl groups is 1. The Labute approximate surface area is 97.8 Å². The number of aliphatic hydroxyl groups excluding tert-OH is 1. The summed E-state index contributed by atoms with van der Waals surface area (Å²) in [6.45, 7) is 4.47. The molecule has 0 aromatic rings. The van der Waals surface area contributed by atoms with Gasteiger partial charge in [0.25, 0.3) is 0 Å². The highest BCUT2D eigenvalue weighted by Crippen LogP contribution is 2.17. The molecule has 4 nitrogen and oxygen atoms in total. The molecular weight excluding hydrogens is 204 g/mol. The Morgan fingerprint density at radius 2 is 2.00 bits per heavy atom. The van der Waals surface area contributed by atoms with Crippen molar-refractivity contribution in [1.82, 2.24) is 10.6 Å². The number of carbonyl (C=O) groups excluding carboxylic acids is 1. The first kappa shape index (κ1) is 13.3. The molecule has 0 bridgehead atoms. The lowest BCUT2D eigenvalue weighted by Gasteiger charge is -2.27. The van der Waals surface area contributed by atoms with Gasteiger partial charge in [-0.15, -0.1) is 0 Å². The first-order valence-corrected chi connectivity index (χ1v) is 6.39. The monoisotopic (exact) mass is 228 g/mol. The van der Waals surface area contributed by atoms with Crippen LogP contribution in [0.2, 0.25) is 0 Å². The minimum absolute atomic E-state index is 0.144. The fraction of sp³-hybridized carbons (Fsp3) is 0.917. The number of rotatable bonds is 6. The summed E-state index contributed by atoms with van der Waals surface area (Å²) >= 11 is 0. The topological polar surface area (TPSA) is 61.4 Å². The largest absolute Gasteiger partial charge is 0.391 e. The predicted octanol–water partition coefficient (Wildman–Crippen LogP) is 1.64. The molecule has 94 valence electrons. The Kier molecular flexibility index (Phi) is 5.60. The van der Waals surface area contributed by atoms with Gasteiger partial charge in [-0.2, -0.15) is 0 Å². The Bertz CT molecular complexity index is 213. The number of hydrogen-bond acceptors (Lipinski definition) is 2. The maximum atomic E-state index is 11.4. The van der Waals surface area contributed by atoms with Crippen molar-refractivity contribution in [2.24, 2.45) is 5.92 Å². The van der Waals surface area contributed by atoms with Crippen molar-refractivity contribution in [3.8, 4) is 0 Å². The SMILES string of the molecule is CCC(CC)C(O)CNC(=O)NC1CCC1. The van der Waals surface area contributed by atoms with Gasteiger partial charge in [-0.25, -0.2) is 4.79 Å². The van der Waals surface area contributed by atoms with Gasteiger partial charge in [0.2, 0.25) is 0 Å². The number of urea groups is 1. The van der Waals surface area contributed by atoms with E-state index in [9.17, 15) is 9.90 Å². The Morgan fingerprint density at radius 1 is 1.38 bits per heavy atom. The highest BCUT2D eigenvalue weighted by atomic mass is 16.3. The van der Waals surface area contributed by atoms with Gasteiger partial charge in [-0.05, 0) is 25.2 Å². The van der Waals surface area contributed by atoms with E-state index in [0.29, 0.717) is 12.6 Å². The average Bonchev–Trinajstić information content (AvgIpc) is 2.22. The van der Waals surface area contributed by atoms with Crippen molar-refractivity contribution in [1.29, 1.82) is 0 Å². The molecule has 1 atom stereocenters. The van der Waals surface area contributed by atoms with E-state index in [1.165, 1.54) is 6.42 Å². The molecule has 1 aliphatic rings. The molecule has 0 aromatic heterocycles. The van der Waals surface area contributed by atoms with Gasteiger partial charge in [-0.1, -0.05) is 26.7 Å². The molecule has 1 fully saturated rings. The summed E-state index contributed by atoms with van der Waals surface area (Å²) in [6.07, 6.45) is 4.85. The van der Waals surface area contributed by atoms with Gasteiger partial charge >= 0.3 is 6.03 Å².